The molecule has 0 bridgehead atoms. The SMILES string of the molecule is CCCC(=O)N(Cc1ccco1)Cc1ccco1. The molecule has 2 aromatic heterocycles. The number of rotatable bonds is 6. The summed E-state index contributed by atoms with van der Waals surface area (Å²) in [5.74, 6) is 1.68. The van der Waals surface area contributed by atoms with Crippen LogP contribution in [0.4, 0.5) is 0 Å². The molecule has 0 radical (unpaired) electrons. The molecular weight excluding hydrogens is 230 g/mol. The van der Waals surface area contributed by atoms with E-state index in [-0.39, 0.29) is 5.91 Å². The Morgan fingerprint density at radius 2 is 1.67 bits per heavy atom. The first kappa shape index (κ1) is 12.5. The predicted octanol–water partition coefficient (Wildman–Crippen LogP) is 3.20. The highest BCUT2D eigenvalue weighted by Crippen LogP contribution is 2.12. The number of carbonyl (C=O) groups excluding carboxylic acids is 1. The lowest BCUT2D eigenvalue weighted by molar-refractivity contribution is -0.133. The van der Waals surface area contributed by atoms with Gasteiger partial charge in [-0.15, -0.1) is 0 Å². The Hall–Kier alpha value is -1.97. The first-order valence-electron chi connectivity index (χ1n) is 6.12. The van der Waals surface area contributed by atoms with Crippen molar-refractivity contribution < 1.29 is 13.6 Å². The number of nitrogens with zero attached hydrogens (tertiary/aromatic N) is 1. The van der Waals surface area contributed by atoms with E-state index in [1.165, 1.54) is 0 Å². The summed E-state index contributed by atoms with van der Waals surface area (Å²) in [5, 5.41) is 0. The van der Waals surface area contributed by atoms with Crippen LogP contribution in [0.3, 0.4) is 0 Å². The summed E-state index contributed by atoms with van der Waals surface area (Å²) >= 11 is 0. The van der Waals surface area contributed by atoms with E-state index >= 15 is 0 Å². The van der Waals surface area contributed by atoms with Crippen LogP contribution >= 0.6 is 0 Å². The van der Waals surface area contributed by atoms with Gasteiger partial charge in [-0.25, -0.2) is 0 Å². The average Bonchev–Trinajstić information content (AvgIpc) is 3.01. The fourth-order valence-electron chi connectivity index (χ4n) is 1.79. The molecule has 4 heteroatoms. The number of furan rings is 2. The van der Waals surface area contributed by atoms with Crippen LogP contribution in [0.25, 0.3) is 0 Å². The minimum absolute atomic E-state index is 0.116. The van der Waals surface area contributed by atoms with Crippen LogP contribution in [0.15, 0.2) is 45.6 Å². The van der Waals surface area contributed by atoms with Gasteiger partial charge in [0.1, 0.15) is 11.5 Å². The van der Waals surface area contributed by atoms with Crippen molar-refractivity contribution in [2.45, 2.75) is 32.9 Å². The first-order chi connectivity index (χ1) is 8.79. The van der Waals surface area contributed by atoms with E-state index < -0.39 is 0 Å². The summed E-state index contributed by atoms with van der Waals surface area (Å²) in [6.07, 6.45) is 4.61. The summed E-state index contributed by atoms with van der Waals surface area (Å²) in [6.45, 7) is 2.95. The average molecular weight is 247 g/mol. The van der Waals surface area contributed by atoms with Crippen molar-refractivity contribution in [1.29, 1.82) is 0 Å². The van der Waals surface area contributed by atoms with Gasteiger partial charge in [0, 0.05) is 6.42 Å². The van der Waals surface area contributed by atoms with E-state index in [0.29, 0.717) is 19.5 Å². The van der Waals surface area contributed by atoms with Crippen LogP contribution in [0.1, 0.15) is 31.3 Å². The normalized spacial score (nSPS) is 10.5. The van der Waals surface area contributed by atoms with E-state index in [9.17, 15) is 4.79 Å². The molecular formula is C14H17NO3. The molecule has 2 aromatic rings. The Morgan fingerprint density at radius 3 is 2.06 bits per heavy atom. The topological polar surface area (TPSA) is 46.6 Å². The van der Waals surface area contributed by atoms with Gasteiger partial charge in [0.25, 0.3) is 0 Å². The quantitative estimate of drug-likeness (QED) is 0.787. The van der Waals surface area contributed by atoms with Gasteiger partial charge in [-0.2, -0.15) is 0 Å². The van der Waals surface area contributed by atoms with Gasteiger partial charge in [0.15, 0.2) is 0 Å². The second kappa shape index (κ2) is 6.10. The molecule has 0 saturated carbocycles. The first-order valence-corrected chi connectivity index (χ1v) is 6.12. The molecule has 0 aliphatic rings. The van der Waals surface area contributed by atoms with Gasteiger partial charge in [-0.3, -0.25) is 4.79 Å². The molecule has 0 aliphatic carbocycles. The van der Waals surface area contributed by atoms with Gasteiger partial charge in [-0.1, -0.05) is 6.92 Å². The Kier molecular flexibility index (Phi) is 4.23. The lowest BCUT2D eigenvalue weighted by Crippen LogP contribution is -2.29. The molecule has 2 rings (SSSR count). The highest BCUT2D eigenvalue weighted by Gasteiger charge is 2.16. The molecule has 18 heavy (non-hydrogen) atoms. The maximum atomic E-state index is 12.0. The van der Waals surface area contributed by atoms with Gasteiger partial charge in [0.2, 0.25) is 5.91 Å². The Morgan fingerprint density at radius 1 is 1.11 bits per heavy atom. The Balaban J connectivity index is 2.04. The van der Waals surface area contributed by atoms with Crippen molar-refractivity contribution in [3.05, 3.63) is 48.3 Å². The third-order valence-electron chi connectivity index (χ3n) is 2.67. The van der Waals surface area contributed by atoms with Crippen molar-refractivity contribution in [3.8, 4) is 0 Å². The molecule has 4 nitrogen and oxygen atoms in total. The Labute approximate surface area is 106 Å². The van der Waals surface area contributed by atoms with Crippen molar-refractivity contribution >= 4 is 5.91 Å². The maximum Gasteiger partial charge on any atom is 0.223 e. The van der Waals surface area contributed by atoms with Crippen molar-refractivity contribution in [1.82, 2.24) is 4.90 Å². The zero-order valence-electron chi connectivity index (χ0n) is 10.5. The smallest absolute Gasteiger partial charge is 0.223 e. The molecule has 0 aromatic carbocycles. The fraction of sp³-hybridized carbons (Fsp3) is 0.357. The third kappa shape index (κ3) is 3.26. The highest BCUT2D eigenvalue weighted by atomic mass is 16.3. The van der Waals surface area contributed by atoms with Crippen molar-refractivity contribution in [2.24, 2.45) is 0 Å². The van der Waals surface area contributed by atoms with Crippen LogP contribution in [0.5, 0.6) is 0 Å². The summed E-state index contributed by atoms with van der Waals surface area (Å²) < 4.78 is 10.6. The fourth-order valence-corrected chi connectivity index (χ4v) is 1.79. The van der Waals surface area contributed by atoms with Crippen LogP contribution in [-0.4, -0.2) is 10.8 Å². The molecule has 0 N–H and O–H groups in total. The predicted molar refractivity (Wildman–Crippen MR) is 66.6 cm³/mol. The van der Waals surface area contributed by atoms with E-state index in [2.05, 4.69) is 0 Å². The van der Waals surface area contributed by atoms with E-state index in [1.807, 2.05) is 31.2 Å². The molecule has 1 amide bonds. The lowest BCUT2D eigenvalue weighted by atomic mass is 10.2. The van der Waals surface area contributed by atoms with Crippen LogP contribution in [0, 0.1) is 0 Å². The third-order valence-corrected chi connectivity index (χ3v) is 2.67. The summed E-state index contributed by atoms with van der Waals surface area (Å²) in [5.41, 5.74) is 0. The molecule has 0 aliphatic heterocycles. The standard InChI is InChI=1S/C14H17NO3/c1-2-5-14(16)15(10-12-6-3-8-17-12)11-13-7-4-9-18-13/h3-4,6-9H,2,5,10-11H2,1H3. The molecule has 96 valence electrons. The molecule has 0 saturated heterocycles. The number of amides is 1. The Bertz CT molecular complexity index is 423. The summed E-state index contributed by atoms with van der Waals surface area (Å²) in [6, 6.07) is 7.39. The number of carbonyl (C=O) groups is 1. The largest absolute Gasteiger partial charge is 0.467 e. The highest BCUT2D eigenvalue weighted by molar-refractivity contribution is 5.76. The van der Waals surface area contributed by atoms with Crippen molar-refractivity contribution in [2.75, 3.05) is 0 Å². The lowest BCUT2D eigenvalue weighted by Gasteiger charge is -2.20. The van der Waals surface area contributed by atoms with E-state index in [4.69, 9.17) is 8.83 Å². The molecule has 2 heterocycles. The molecule has 0 fully saturated rings. The second-order valence-corrected chi connectivity index (χ2v) is 4.16. The van der Waals surface area contributed by atoms with Crippen molar-refractivity contribution in [3.63, 3.8) is 0 Å². The van der Waals surface area contributed by atoms with E-state index in [0.717, 1.165) is 17.9 Å². The van der Waals surface area contributed by atoms with Crippen LogP contribution in [0.2, 0.25) is 0 Å². The number of hydrogen-bond donors (Lipinski definition) is 0. The van der Waals surface area contributed by atoms with Crippen LogP contribution in [-0.2, 0) is 17.9 Å². The van der Waals surface area contributed by atoms with Gasteiger partial charge >= 0.3 is 0 Å². The molecule has 0 unspecified atom stereocenters. The minimum Gasteiger partial charge on any atom is -0.467 e. The van der Waals surface area contributed by atoms with Gasteiger partial charge < -0.3 is 13.7 Å². The second-order valence-electron chi connectivity index (χ2n) is 4.16. The zero-order valence-corrected chi connectivity index (χ0v) is 10.5. The van der Waals surface area contributed by atoms with Gasteiger partial charge in [0.05, 0.1) is 25.6 Å². The summed E-state index contributed by atoms with van der Waals surface area (Å²) in [7, 11) is 0. The van der Waals surface area contributed by atoms with E-state index in [1.54, 1.807) is 17.4 Å². The summed E-state index contributed by atoms with van der Waals surface area (Å²) in [4.78, 5) is 13.8. The zero-order chi connectivity index (χ0) is 12.8. The van der Waals surface area contributed by atoms with Crippen LogP contribution < -0.4 is 0 Å². The molecule has 0 spiro atoms. The minimum atomic E-state index is 0.116. The number of hydrogen-bond acceptors (Lipinski definition) is 3. The van der Waals surface area contributed by atoms with Gasteiger partial charge in [-0.05, 0) is 30.7 Å². The monoisotopic (exact) mass is 247 g/mol. The molecule has 0 atom stereocenters. The maximum absolute atomic E-state index is 12.0.